The monoisotopic (exact) mass is 414 g/mol. The molecular weight excluding hydrogens is 396 g/mol. The van der Waals surface area contributed by atoms with Gasteiger partial charge in [-0.15, -0.1) is 0 Å². The Hall–Kier alpha value is -4.00. The quantitative estimate of drug-likeness (QED) is 0.490. The van der Waals surface area contributed by atoms with Crippen LogP contribution in [0, 0.1) is 23.2 Å². The molecule has 0 N–H and O–H groups in total. The molecule has 6 rings (SSSR count). The average molecular weight is 414 g/mol. The van der Waals surface area contributed by atoms with Gasteiger partial charge in [0.1, 0.15) is 12.9 Å². The highest BCUT2D eigenvalue weighted by Gasteiger charge is 2.58. The normalized spacial score (nSPS) is 21.9. The topological polar surface area (TPSA) is 119 Å². The van der Waals surface area contributed by atoms with Crippen molar-refractivity contribution in [1.29, 1.82) is 5.26 Å². The number of hydrogen-bond donors (Lipinski definition) is 0. The van der Waals surface area contributed by atoms with E-state index in [-0.39, 0.29) is 18.0 Å². The van der Waals surface area contributed by atoms with E-state index in [0.717, 1.165) is 18.8 Å². The van der Waals surface area contributed by atoms with Gasteiger partial charge in [0.2, 0.25) is 5.89 Å². The van der Waals surface area contributed by atoms with Gasteiger partial charge in [0, 0.05) is 31.7 Å². The molecule has 1 saturated heterocycles. The number of nitrogens with zero attached hydrogens (tertiary/aromatic N) is 8. The van der Waals surface area contributed by atoms with E-state index < -0.39 is 0 Å². The summed E-state index contributed by atoms with van der Waals surface area (Å²) < 4.78 is 8.55. The Balaban J connectivity index is 1.16. The summed E-state index contributed by atoms with van der Waals surface area (Å²) in [7, 11) is 1.76. The molecule has 0 spiro atoms. The van der Waals surface area contributed by atoms with Crippen molar-refractivity contribution in [3.63, 3.8) is 0 Å². The molecule has 0 amide bonds. The number of imidazole rings is 1. The zero-order valence-electron chi connectivity index (χ0n) is 16.7. The number of benzene rings is 1. The summed E-state index contributed by atoms with van der Waals surface area (Å²) in [5, 5.41) is 13.3. The van der Waals surface area contributed by atoms with Crippen LogP contribution < -0.4 is 10.5 Å². The summed E-state index contributed by atoms with van der Waals surface area (Å²) in [5.74, 6) is 2.34. The lowest BCUT2D eigenvalue weighted by atomic mass is 10.2. The van der Waals surface area contributed by atoms with Crippen LogP contribution in [0.4, 0.5) is 5.69 Å². The molecule has 3 aromatic heterocycles. The summed E-state index contributed by atoms with van der Waals surface area (Å²) in [5.41, 5.74) is 2.43. The Morgan fingerprint density at radius 1 is 1.23 bits per heavy atom. The predicted octanol–water partition coefficient (Wildman–Crippen LogP) is 1.28. The van der Waals surface area contributed by atoms with E-state index in [0.29, 0.717) is 40.3 Å². The summed E-state index contributed by atoms with van der Waals surface area (Å²) in [6.45, 7) is 2.00. The second kappa shape index (κ2) is 6.50. The highest BCUT2D eigenvalue weighted by molar-refractivity contribution is 5.68. The van der Waals surface area contributed by atoms with Crippen molar-refractivity contribution in [2.24, 2.45) is 18.9 Å². The molecule has 10 nitrogen and oxygen atoms in total. The van der Waals surface area contributed by atoms with Gasteiger partial charge in [-0.3, -0.25) is 9.36 Å². The van der Waals surface area contributed by atoms with Gasteiger partial charge in [-0.1, -0.05) is 11.2 Å². The van der Waals surface area contributed by atoms with Gasteiger partial charge in [-0.05, 0) is 30.0 Å². The molecule has 1 aliphatic carbocycles. The fourth-order valence-electron chi connectivity index (χ4n) is 4.69. The Kier molecular flexibility index (Phi) is 3.74. The maximum Gasteiger partial charge on any atom is 0.280 e. The van der Waals surface area contributed by atoms with Crippen LogP contribution in [-0.2, 0) is 13.6 Å². The first-order valence-electron chi connectivity index (χ1n) is 10.1. The molecule has 2 fully saturated rings. The lowest BCUT2D eigenvalue weighted by molar-refractivity contribution is 0.363. The molecule has 1 aliphatic heterocycles. The van der Waals surface area contributed by atoms with Crippen LogP contribution in [0.3, 0.4) is 0 Å². The zero-order chi connectivity index (χ0) is 21.1. The van der Waals surface area contributed by atoms with Crippen molar-refractivity contribution in [3.05, 3.63) is 64.6 Å². The largest absolute Gasteiger partial charge is 0.371 e. The summed E-state index contributed by atoms with van der Waals surface area (Å²) in [6.07, 6.45) is 3.03. The lowest BCUT2D eigenvalue weighted by Gasteiger charge is -2.21. The molecule has 154 valence electrons. The second-order valence-corrected chi connectivity index (χ2v) is 8.17. The lowest BCUT2D eigenvalue weighted by Crippen LogP contribution is -2.24. The Morgan fingerprint density at radius 3 is 2.84 bits per heavy atom. The second-order valence-electron chi connectivity index (χ2n) is 8.17. The SMILES string of the molecule is Cn1cnc2ncn(Cc3nc(C4[C@H]5CN(c6cccc(C#N)c6)C[C@@H]45)no3)c(=O)c21. The Labute approximate surface area is 176 Å². The van der Waals surface area contributed by atoms with E-state index >= 15 is 0 Å². The van der Waals surface area contributed by atoms with E-state index in [2.05, 4.69) is 31.1 Å². The molecule has 0 radical (unpaired) electrons. The number of fused-ring (bicyclic) bond motifs is 2. The third-order valence-corrected chi connectivity index (χ3v) is 6.32. The van der Waals surface area contributed by atoms with E-state index in [4.69, 9.17) is 9.78 Å². The van der Waals surface area contributed by atoms with Crippen LogP contribution in [-0.4, -0.2) is 42.3 Å². The first kappa shape index (κ1) is 17.8. The highest BCUT2D eigenvalue weighted by atomic mass is 16.5. The molecular formula is C21H18N8O2. The van der Waals surface area contributed by atoms with E-state index in [9.17, 15) is 4.79 Å². The summed E-state index contributed by atoms with van der Waals surface area (Å²) in [6, 6.07) is 9.89. The van der Waals surface area contributed by atoms with Gasteiger partial charge in [-0.25, -0.2) is 9.97 Å². The molecule has 4 heterocycles. The predicted molar refractivity (Wildman–Crippen MR) is 109 cm³/mol. The van der Waals surface area contributed by atoms with E-state index in [1.807, 2.05) is 24.3 Å². The fraction of sp³-hybridized carbons (Fsp3) is 0.333. The highest BCUT2D eigenvalue weighted by Crippen LogP contribution is 2.57. The van der Waals surface area contributed by atoms with Gasteiger partial charge < -0.3 is 14.0 Å². The third-order valence-electron chi connectivity index (χ3n) is 6.32. The van der Waals surface area contributed by atoms with Gasteiger partial charge in [0.05, 0.1) is 18.0 Å². The van der Waals surface area contributed by atoms with Crippen LogP contribution in [0.25, 0.3) is 11.2 Å². The molecule has 3 atom stereocenters. The number of anilines is 1. The zero-order valence-corrected chi connectivity index (χ0v) is 16.7. The number of aryl methyl sites for hydroxylation is 1. The molecule has 1 unspecified atom stereocenters. The smallest absolute Gasteiger partial charge is 0.280 e. The number of rotatable bonds is 4. The van der Waals surface area contributed by atoms with E-state index in [1.54, 1.807) is 17.9 Å². The molecule has 10 heteroatoms. The molecule has 31 heavy (non-hydrogen) atoms. The summed E-state index contributed by atoms with van der Waals surface area (Å²) >= 11 is 0. The van der Waals surface area contributed by atoms with Gasteiger partial charge in [0.15, 0.2) is 17.0 Å². The van der Waals surface area contributed by atoms with Gasteiger partial charge in [0.25, 0.3) is 5.56 Å². The molecule has 0 bridgehead atoms. The molecule has 2 aliphatic rings. The van der Waals surface area contributed by atoms with Crippen molar-refractivity contribution in [1.82, 2.24) is 29.2 Å². The van der Waals surface area contributed by atoms with Crippen molar-refractivity contribution >= 4 is 16.9 Å². The first-order valence-corrected chi connectivity index (χ1v) is 10.1. The number of aromatic nitrogens is 6. The number of nitriles is 1. The van der Waals surface area contributed by atoms with E-state index in [1.165, 1.54) is 10.9 Å². The minimum atomic E-state index is -0.191. The summed E-state index contributed by atoms with van der Waals surface area (Å²) in [4.78, 5) is 27.9. The third kappa shape index (κ3) is 2.81. The van der Waals surface area contributed by atoms with Crippen LogP contribution in [0.1, 0.15) is 23.2 Å². The van der Waals surface area contributed by atoms with Gasteiger partial charge >= 0.3 is 0 Å². The van der Waals surface area contributed by atoms with Gasteiger partial charge in [-0.2, -0.15) is 10.2 Å². The van der Waals surface area contributed by atoms with Crippen molar-refractivity contribution in [2.75, 3.05) is 18.0 Å². The van der Waals surface area contributed by atoms with Crippen LogP contribution in [0.15, 0.2) is 46.2 Å². The molecule has 1 aromatic carbocycles. The molecule has 4 aromatic rings. The Bertz CT molecular complexity index is 1400. The first-order chi connectivity index (χ1) is 15.1. The van der Waals surface area contributed by atoms with Crippen molar-refractivity contribution in [3.8, 4) is 6.07 Å². The van der Waals surface area contributed by atoms with Crippen molar-refractivity contribution in [2.45, 2.75) is 12.5 Å². The van der Waals surface area contributed by atoms with Crippen molar-refractivity contribution < 1.29 is 4.52 Å². The van der Waals surface area contributed by atoms with Crippen LogP contribution in [0.5, 0.6) is 0 Å². The number of hydrogen-bond acceptors (Lipinski definition) is 8. The minimum Gasteiger partial charge on any atom is -0.371 e. The van der Waals surface area contributed by atoms with Crippen LogP contribution in [0.2, 0.25) is 0 Å². The van der Waals surface area contributed by atoms with Crippen LogP contribution >= 0.6 is 0 Å². The number of piperidine rings is 1. The average Bonchev–Trinajstić information content (AvgIpc) is 3.21. The molecule has 1 saturated carbocycles. The fourth-order valence-corrected chi connectivity index (χ4v) is 4.69. The standard InChI is InChI=1S/C21H18N8O2/c1-27-10-23-20-18(27)21(30)29(11-24-20)9-16-25-19(26-31-16)17-14-7-28(8-15(14)17)13-4-2-3-12(5-13)6-22/h2-5,10-11,14-15,17H,7-9H2,1H3/t14-,15+,17?. The Morgan fingerprint density at radius 2 is 2.03 bits per heavy atom. The minimum absolute atomic E-state index is 0.176. The maximum atomic E-state index is 12.7. The maximum absolute atomic E-state index is 12.7.